The van der Waals surface area contributed by atoms with Gasteiger partial charge in [-0.25, -0.2) is 0 Å². The van der Waals surface area contributed by atoms with Gasteiger partial charge in [-0.05, 0) is 41.1 Å². The topological polar surface area (TPSA) is 0 Å². The van der Waals surface area contributed by atoms with Crippen molar-refractivity contribution in [2.24, 2.45) is 0 Å². The molecule has 0 saturated heterocycles. The van der Waals surface area contributed by atoms with Crippen molar-refractivity contribution in [2.45, 2.75) is 19.3 Å². The molecule has 4 heteroatoms. The van der Waals surface area contributed by atoms with E-state index < -0.39 is 0 Å². The zero-order valence-electron chi connectivity index (χ0n) is 9.11. The van der Waals surface area contributed by atoms with E-state index in [-0.39, 0.29) is 48.0 Å². The molecular weight excluding hydrogens is 426 g/mol. The molecule has 0 aromatic carbocycles. The van der Waals surface area contributed by atoms with E-state index in [1.165, 1.54) is 30.8 Å². The van der Waals surface area contributed by atoms with Gasteiger partial charge >= 0.3 is 0 Å². The highest BCUT2D eigenvalue weighted by Gasteiger charge is 2.04. The van der Waals surface area contributed by atoms with Crippen molar-refractivity contribution < 1.29 is 48.0 Å². The van der Waals surface area contributed by atoms with Gasteiger partial charge in [0.25, 0.3) is 0 Å². The summed E-state index contributed by atoms with van der Waals surface area (Å²) in [7, 11) is 1.35. The van der Waals surface area contributed by atoms with Crippen LogP contribution in [0.15, 0.2) is 0 Å². The van der Waals surface area contributed by atoms with Gasteiger partial charge in [0.1, 0.15) is 11.5 Å². The lowest BCUT2D eigenvalue weighted by atomic mass is 10.3. The lowest BCUT2D eigenvalue weighted by molar-refractivity contribution is -0.001000. The minimum Gasteiger partial charge on any atom is -1.00 e. The smallest absolute Gasteiger partial charge is 0.107 e. The standard InChI is InChI=1S/C9H22S2.2HI/c1-10(2)8-6-5-7-9-11(3)4;;/h5-9H2,1-4H3;2*1H/q+2;;/p-2. The molecular formula is C9H22I2S2. The number of hydrogen-bond donors (Lipinski definition) is 0. The van der Waals surface area contributed by atoms with Crippen molar-refractivity contribution >= 4 is 21.8 Å². The molecule has 0 rings (SSSR count). The van der Waals surface area contributed by atoms with E-state index in [2.05, 4.69) is 25.0 Å². The second kappa shape index (κ2) is 14.2. The number of rotatable bonds is 6. The third kappa shape index (κ3) is 20.3. The van der Waals surface area contributed by atoms with E-state index in [0.29, 0.717) is 21.8 Å². The Morgan fingerprint density at radius 2 is 0.923 bits per heavy atom. The Hall–Kier alpha value is 2.16. The molecule has 0 aliphatic heterocycles. The minimum absolute atomic E-state index is 0. The summed E-state index contributed by atoms with van der Waals surface area (Å²) in [6.07, 6.45) is 13.7. The first kappa shape index (κ1) is 20.6. The summed E-state index contributed by atoms with van der Waals surface area (Å²) in [5, 5.41) is 0. The van der Waals surface area contributed by atoms with Gasteiger partial charge in [-0.2, -0.15) is 0 Å². The molecule has 0 amide bonds. The fourth-order valence-corrected chi connectivity index (χ4v) is 2.52. The molecule has 0 aromatic rings. The maximum Gasteiger partial charge on any atom is 0.107 e. The Kier molecular flexibility index (Phi) is 22.4. The van der Waals surface area contributed by atoms with Crippen molar-refractivity contribution in [3.63, 3.8) is 0 Å². The van der Waals surface area contributed by atoms with Crippen LogP contribution in [0.3, 0.4) is 0 Å². The van der Waals surface area contributed by atoms with E-state index >= 15 is 0 Å². The number of unbranched alkanes of at least 4 members (excludes halogenated alkanes) is 2. The SMILES string of the molecule is C[S+](C)CCCCC[S+](C)C.[I-].[I-]. The first-order chi connectivity index (χ1) is 5.13. The molecule has 0 saturated carbocycles. The van der Waals surface area contributed by atoms with Crippen LogP contribution < -0.4 is 48.0 Å². The largest absolute Gasteiger partial charge is 1.00 e. The second-order valence-electron chi connectivity index (χ2n) is 3.44. The summed E-state index contributed by atoms with van der Waals surface area (Å²) < 4.78 is 0. The molecule has 0 radical (unpaired) electrons. The van der Waals surface area contributed by atoms with E-state index in [9.17, 15) is 0 Å². The second-order valence-corrected chi connectivity index (χ2v) is 8.20. The molecule has 0 aliphatic rings. The number of halogens is 2. The third-order valence-electron chi connectivity index (χ3n) is 1.61. The monoisotopic (exact) mass is 448 g/mol. The van der Waals surface area contributed by atoms with Crippen molar-refractivity contribution in [3.8, 4) is 0 Å². The molecule has 0 unspecified atom stereocenters. The predicted octanol–water partition coefficient (Wildman–Crippen LogP) is -4.08. The van der Waals surface area contributed by atoms with E-state index in [4.69, 9.17) is 0 Å². The summed E-state index contributed by atoms with van der Waals surface area (Å²) in [6.45, 7) is 0. The van der Waals surface area contributed by atoms with Gasteiger partial charge in [0.05, 0.1) is 25.0 Å². The molecule has 0 aromatic heterocycles. The first-order valence-corrected chi connectivity index (χ1v) is 8.63. The fourth-order valence-electron chi connectivity index (χ4n) is 0.958. The normalized spacial score (nSPS) is 9.69. The summed E-state index contributed by atoms with van der Waals surface area (Å²) in [5.74, 6) is 2.89. The Bertz CT molecular complexity index is 77.7. The van der Waals surface area contributed by atoms with Crippen molar-refractivity contribution in [1.82, 2.24) is 0 Å². The van der Waals surface area contributed by atoms with E-state index in [1.54, 1.807) is 0 Å². The summed E-state index contributed by atoms with van der Waals surface area (Å²) in [4.78, 5) is 0. The molecule has 13 heavy (non-hydrogen) atoms. The van der Waals surface area contributed by atoms with Crippen molar-refractivity contribution in [2.75, 3.05) is 36.5 Å². The summed E-state index contributed by atoms with van der Waals surface area (Å²) >= 11 is 0. The van der Waals surface area contributed by atoms with Crippen LogP contribution in [0.2, 0.25) is 0 Å². The van der Waals surface area contributed by atoms with Gasteiger partial charge in [0, 0.05) is 0 Å². The van der Waals surface area contributed by atoms with E-state index in [1.807, 2.05) is 0 Å². The van der Waals surface area contributed by atoms with Crippen LogP contribution in [-0.4, -0.2) is 36.5 Å². The molecule has 0 bridgehead atoms. The number of hydrogen-bond acceptors (Lipinski definition) is 0. The molecule has 0 fully saturated rings. The summed E-state index contributed by atoms with van der Waals surface area (Å²) in [5.41, 5.74) is 0. The van der Waals surface area contributed by atoms with E-state index in [0.717, 1.165) is 0 Å². The fraction of sp³-hybridized carbons (Fsp3) is 1.00. The maximum atomic E-state index is 2.34. The van der Waals surface area contributed by atoms with Crippen LogP contribution in [0.25, 0.3) is 0 Å². The quantitative estimate of drug-likeness (QED) is 0.221. The highest BCUT2D eigenvalue weighted by atomic mass is 127. The van der Waals surface area contributed by atoms with Gasteiger partial charge in [0.2, 0.25) is 0 Å². The van der Waals surface area contributed by atoms with Crippen LogP contribution in [0.1, 0.15) is 19.3 Å². The zero-order chi connectivity index (χ0) is 8.69. The van der Waals surface area contributed by atoms with Crippen LogP contribution in [0.4, 0.5) is 0 Å². The molecule has 0 heterocycles. The minimum atomic E-state index is 0. The van der Waals surface area contributed by atoms with Gasteiger partial charge in [-0.3, -0.25) is 0 Å². The van der Waals surface area contributed by atoms with Gasteiger partial charge in [-0.15, -0.1) is 0 Å². The molecule has 0 nitrogen and oxygen atoms in total. The Balaban J connectivity index is -0.000000500. The Labute approximate surface area is 124 Å². The Morgan fingerprint density at radius 3 is 1.15 bits per heavy atom. The first-order valence-electron chi connectivity index (χ1n) is 4.21. The van der Waals surface area contributed by atoms with Gasteiger partial charge in [0.15, 0.2) is 0 Å². The highest BCUT2D eigenvalue weighted by Crippen LogP contribution is 2.01. The summed E-state index contributed by atoms with van der Waals surface area (Å²) in [6, 6.07) is 0. The zero-order valence-corrected chi connectivity index (χ0v) is 15.1. The van der Waals surface area contributed by atoms with Crippen molar-refractivity contribution in [3.05, 3.63) is 0 Å². The average molecular weight is 448 g/mol. The van der Waals surface area contributed by atoms with Crippen molar-refractivity contribution in [1.29, 1.82) is 0 Å². The lowest BCUT2D eigenvalue weighted by Crippen LogP contribution is -3.00. The van der Waals surface area contributed by atoms with Gasteiger partial charge < -0.3 is 48.0 Å². The molecule has 0 aliphatic carbocycles. The third-order valence-corrected chi connectivity index (χ3v) is 3.82. The average Bonchev–Trinajstić information content (AvgIpc) is 1.85. The van der Waals surface area contributed by atoms with Crippen LogP contribution in [0, 0.1) is 0 Å². The highest BCUT2D eigenvalue weighted by molar-refractivity contribution is 7.95. The Morgan fingerprint density at radius 1 is 0.615 bits per heavy atom. The molecule has 84 valence electrons. The molecule has 0 N–H and O–H groups in total. The molecule has 0 atom stereocenters. The maximum absolute atomic E-state index is 2.34. The lowest BCUT2D eigenvalue weighted by Gasteiger charge is -1.97. The van der Waals surface area contributed by atoms with Crippen LogP contribution in [0.5, 0.6) is 0 Å². The molecule has 0 spiro atoms. The predicted molar refractivity (Wildman–Crippen MR) is 62.0 cm³/mol. The van der Waals surface area contributed by atoms with Gasteiger partial charge in [-0.1, -0.05) is 0 Å². The van der Waals surface area contributed by atoms with Crippen LogP contribution >= 0.6 is 0 Å². The van der Waals surface area contributed by atoms with Crippen LogP contribution in [-0.2, 0) is 21.8 Å².